The molecular weight excluding hydrogens is 220 g/mol. The Kier molecular flexibility index (Phi) is 6.61. The van der Waals surface area contributed by atoms with Gasteiger partial charge in [-0.1, -0.05) is 0 Å². The Morgan fingerprint density at radius 1 is 1.56 bits per heavy atom. The maximum absolute atomic E-state index is 5.34. The van der Waals surface area contributed by atoms with Gasteiger partial charge in [-0.15, -0.1) is 11.3 Å². The normalized spacial score (nSPS) is 12.9. The van der Waals surface area contributed by atoms with Gasteiger partial charge in [0.2, 0.25) is 0 Å². The minimum absolute atomic E-state index is 0.519. The van der Waals surface area contributed by atoms with E-state index in [0.717, 1.165) is 38.2 Å². The van der Waals surface area contributed by atoms with E-state index in [-0.39, 0.29) is 0 Å². The van der Waals surface area contributed by atoms with Gasteiger partial charge in [0.25, 0.3) is 0 Å². The van der Waals surface area contributed by atoms with Crippen molar-refractivity contribution in [1.29, 1.82) is 0 Å². The van der Waals surface area contributed by atoms with Crippen LogP contribution in [0.5, 0.6) is 0 Å². The second-order valence-electron chi connectivity index (χ2n) is 3.91. The summed E-state index contributed by atoms with van der Waals surface area (Å²) in [4.78, 5) is 4.49. The first kappa shape index (κ1) is 13.6. The SMILES string of the molecule is CCOCCCC(Cc1nc(C)cs1)NC. The van der Waals surface area contributed by atoms with E-state index < -0.39 is 0 Å². The Hall–Kier alpha value is -0.450. The maximum atomic E-state index is 5.34. The zero-order chi connectivity index (χ0) is 11.8. The number of ether oxygens (including phenoxy) is 1. The Labute approximate surface area is 102 Å². The van der Waals surface area contributed by atoms with Crippen molar-refractivity contribution in [2.75, 3.05) is 20.3 Å². The Bertz CT molecular complexity index is 288. The van der Waals surface area contributed by atoms with Gasteiger partial charge in [-0.3, -0.25) is 0 Å². The van der Waals surface area contributed by atoms with Crippen molar-refractivity contribution in [3.05, 3.63) is 16.1 Å². The van der Waals surface area contributed by atoms with Crippen molar-refractivity contribution in [2.45, 2.75) is 39.2 Å². The lowest BCUT2D eigenvalue weighted by molar-refractivity contribution is 0.141. The monoisotopic (exact) mass is 242 g/mol. The molecule has 1 atom stereocenters. The van der Waals surface area contributed by atoms with Gasteiger partial charge in [-0.2, -0.15) is 0 Å². The Morgan fingerprint density at radius 3 is 2.94 bits per heavy atom. The third-order valence-electron chi connectivity index (χ3n) is 2.54. The average molecular weight is 242 g/mol. The second-order valence-corrected chi connectivity index (χ2v) is 4.85. The number of thiazole rings is 1. The zero-order valence-corrected chi connectivity index (χ0v) is 11.3. The largest absolute Gasteiger partial charge is 0.382 e. The molecule has 92 valence electrons. The molecule has 0 amide bonds. The van der Waals surface area contributed by atoms with Crippen molar-refractivity contribution in [2.24, 2.45) is 0 Å². The fourth-order valence-corrected chi connectivity index (χ4v) is 2.49. The van der Waals surface area contributed by atoms with Crippen LogP contribution in [-0.4, -0.2) is 31.3 Å². The predicted molar refractivity (Wildman–Crippen MR) is 69.1 cm³/mol. The minimum atomic E-state index is 0.519. The van der Waals surface area contributed by atoms with E-state index in [9.17, 15) is 0 Å². The zero-order valence-electron chi connectivity index (χ0n) is 10.5. The van der Waals surface area contributed by atoms with E-state index >= 15 is 0 Å². The summed E-state index contributed by atoms with van der Waals surface area (Å²) in [5.41, 5.74) is 1.13. The summed E-state index contributed by atoms with van der Waals surface area (Å²) in [6.07, 6.45) is 3.29. The van der Waals surface area contributed by atoms with Gasteiger partial charge in [0.05, 0.1) is 5.01 Å². The third-order valence-corrected chi connectivity index (χ3v) is 3.53. The van der Waals surface area contributed by atoms with Crippen LogP contribution in [0, 0.1) is 6.92 Å². The van der Waals surface area contributed by atoms with E-state index in [4.69, 9.17) is 4.74 Å². The highest BCUT2D eigenvalue weighted by Crippen LogP contribution is 2.13. The molecule has 1 N–H and O–H groups in total. The second kappa shape index (κ2) is 7.76. The predicted octanol–water partition coefficient (Wildman–Crippen LogP) is 2.40. The standard InChI is InChI=1S/C12H22N2OS/c1-4-15-7-5-6-11(13-3)8-12-14-10(2)9-16-12/h9,11,13H,4-8H2,1-3H3. The summed E-state index contributed by atoms with van der Waals surface area (Å²) in [5.74, 6) is 0. The van der Waals surface area contributed by atoms with Crippen molar-refractivity contribution < 1.29 is 4.74 Å². The van der Waals surface area contributed by atoms with E-state index in [0.29, 0.717) is 6.04 Å². The van der Waals surface area contributed by atoms with Crippen LogP contribution in [0.1, 0.15) is 30.5 Å². The van der Waals surface area contributed by atoms with Gasteiger partial charge in [-0.05, 0) is 33.7 Å². The Balaban J connectivity index is 2.26. The minimum Gasteiger partial charge on any atom is -0.382 e. The lowest BCUT2D eigenvalue weighted by Crippen LogP contribution is -2.27. The van der Waals surface area contributed by atoms with Crippen molar-refractivity contribution in [1.82, 2.24) is 10.3 Å². The smallest absolute Gasteiger partial charge is 0.0943 e. The lowest BCUT2D eigenvalue weighted by Gasteiger charge is -2.14. The van der Waals surface area contributed by atoms with Crippen LogP contribution in [0.3, 0.4) is 0 Å². The first-order valence-electron chi connectivity index (χ1n) is 5.92. The molecule has 0 spiro atoms. The molecule has 1 aromatic heterocycles. The summed E-state index contributed by atoms with van der Waals surface area (Å²) in [6, 6.07) is 0.519. The molecule has 1 unspecified atom stereocenters. The molecule has 0 radical (unpaired) electrons. The van der Waals surface area contributed by atoms with E-state index in [1.54, 1.807) is 11.3 Å². The van der Waals surface area contributed by atoms with Crippen LogP contribution >= 0.6 is 11.3 Å². The maximum Gasteiger partial charge on any atom is 0.0943 e. The van der Waals surface area contributed by atoms with Gasteiger partial charge in [0.1, 0.15) is 0 Å². The number of hydrogen-bond acceptors (Lipinski definition) is 4. The molecule has 4 heteroatoms. The molecule has 1 rings (SSSR count). The summed E-state index contributed by atoms with van der Waals surface area (Å²) in [5, 5.41) is 6.69. The first-order valence-corrected chi connectivity index (χ1v) is 6.80. The molecule has 3 nitrogen and oxygen atoms in total. The molecule has 1 aromatic rings. The topological polar surface area (TPSA) is 34.1 Å². The number of rotatable bonds is 8. The molecule has 0 aliphatic carbocycles. The quantitative estimate of drug-likeness (QED) is 0.711. The molecule has 16 heavy (non-hydrogen) atoms. The van der Waals surface area contributed by atoms with Crippen LogP contribution in [0.4, 0.5) is 0 Å². The third kappa shape index (κ3) is 5.05. The molecule has 1 heterocycles. The van der Waals surface area contributed by atoms with Crippen LogP contribution < -0.4 is 5.32 Å². The summed E-state index contributed by atoms with van der Waals surface area (Å²) < 4.78 is 5.34. The van der Waals surface area contributed by atoms with E-state index in [1.807, 2.05) is 20.9 Å². The molecular formula is C12H22N2OS. The number of likely N-dealkylation sites (N-methyl/N-ethyl adjacent to an activating group) is 1. The van der Waals surface area contributed by atoms with Crippen molar-refractivity contribution in [3.63, 3.8) is 0 Å². The summed E-state index contributed by atoms with van der Waals surface area (Å²) in [6.45, 7) is 5.76. The summed E-state index contributed by atoms with van der Waals surface area (Å²) >= 11 is 1.75. The van der Waals surface area contributed by atoms with Crippen molar-refractivity contribution in [3.8, 4) is 0 Å². The number of aromatic nitrogens is 1. The number of nitrogens with one attached hydrogen (secondary N) is 1. The van der Waals surface area contributed by atoms with Crippen LogP contribution in [0.15, 0.2) is 5.38 Å². The molecule has 0 bridgehead atoms. The van der Waals surface area contributed by atoms with Gasteiger partial charge >= 0.3 is 0 Å². The summed E-state index contributed by atoms with van der Waals surface area (Å²) in [7, 11) is 2.02. The van der Waals surface area contributed by atoms with Gasteiger partial charge in [0, 0.05) is 36.8 Å². The molecule has 0 aliphatic heterocycles. The fraction of sp³-hybridized carbons (Fsp3) is 0.750. The highest BCUT2D eigenvalue weighted by Gasteiger charge is 2.09. The van der Waals surface area contributed by atoms with Crippen LogP contribution in [0.2, 0.25) is 0 Å². The van der Waals surface area contributed by atoms with Gasteiger partial charge in [0.15, 0.2) is 0 Å². The van der Waals surface area contributed by atoms with Gasteiger partial charge in [-0.25, -0.2) is 4.98 Å². The van der Waals surface area contributed by atoms with Crippen molar-refractivity contribution >= 4 is 11.3 Å². The molecule has 0 aliphatic rings. The number of nitrogens with zero attached hydrogens (tertiary/aromatic N) is 1. The van der Waals surface area contributed by atoms with Crippen LogP contribution in [-0.2, 0) is 11.2 Å². The molecule has 0 fully saturated rings. The molecule has 0 saturated carbocycles. The highest BCUT2D eigenvalue weighted by atomic mass is 32.1. The number of aryl methyl sites for hydroxylation is 1. The van der Waals surface area contributed by atoms with E-state index in [1.165, 1.54) is 5.01 Å². The van der Waals surface area contributed by atoms with Crippen LogP contribution in [0.25, 0.3) is 0 Å². The highest BCUT2D eigenvalue weighted by molar-refractivity contribution is 7.09. The number of hydrogen-bond donors (Lipinski definition) is 1. The van der Waals surface area contributed by atoms with Gasteiger partial charge < -0.3 is 10.1 Å². The fourth-order valence-electron chi connectivity index (χ4n) is 1.63. The average Bonchev–Trinajstić information content (AvgIpc) is 2.68. The molecule has 0 aromatic carbocycles. The molecule has 0 saturated heterocycles. The first-order chi connectivity index (χ1) is 7.76. The van der Waals surface area contributed by atoms with E-state index in [2.05, 4.69) is 15.7 Å². The lowest BCUT2D eigenvalue weighted by atomic mass is 10.1. The Morgan fingerprint density at radius 2 is 2.38 bits per heavy atom.